The van der Waals surface area contributed by atoms with E-state index in [-0.39, 0.29) is 5.56 Å². The topological polar surface area (TPSA) is 47.8 Å². The van der Waals surface area contributed by atoms with Gasteiger partial charge in [-0.1, -0.05) is 41.6 Å². The van der Waals surface area contributed by atoms with Crippen LogP contribution in [-0.2, 0) is 5.75 Å². The molecule has 4 nitrogen and oxygen atoms in total. The molecule has 4 aromatic rings. The van der Waals surface area contributed by atoms with Crippen molar-refractivity contribution in [2.75, 3.05) is 0 Å². The van der Waals surface area contributed by atoms with Gasteiger partial charge in [0.1, 0.15) is 0 Å². The molecule has 0 amide bonds. The summed E-state index contributed by atoms with van der Waals surface area (Å²) in [7, 11) is 0. The van der Waals surface area contributed by atoms with Crippen LogP contribution in [0.5, 0.6) is 0 Å². The Morgan fingerprint density at radius 3 is 2.46 bits per heavy atom. The molecule has 0 fully saturated rings. The second-order valence-electron chi connectivity index (χ2n) is 6.03. The molecule has 2 aromatic carbocycles. The molecule has 2 heterocycles. The molecule has 26 heavy (non-hydrogen) atoms. The first kappa shape index (κ1) is 16.5. The third kappa shape index (κ3) is 3.26. The van der Waals surface area contributed by atoms with Gasteiger partial charge in [0.2, 0.25) is 0 Å². The van der Waals surface area contributed by atoms with E-state index in [9.17, 15) is 4.79 Å². The van der Waals surface area contributed by atoms with Gasteiger partial charge in [-0.3, -0.25) is 14.3 Å². The van der Waals surface area contributed by atoms with E-state index >= 15 is 0 Å². The molecule has 0 aliphatic carbocycles. The second-order valence-corrected chi connectivity index (χ2v) is 6.97. The van der Waals surface area contributed by atoms with Crippen molar-refractivity contribution in [1.82, 2.24) is 14.5 Å². The number of nitrogens with zero attached hydrogens (tertiary/aromatic N) is 3. The van der Waals surface area contributed by atoms with Gasteiger partial charge in [-0.25, -0.2) is 4.98 Å². The number of aromatic nitrogens is 3. The van der Waals surface area contributed by atoms with E-state index in [1.54, 1.807) is 28.7 Å². The van der Waals surface area contributed by atoms with Crippen molar-refractivity contribution in [2.45, 2.75) is 17.8 Å². The lowest BCUT2D eigenvalue weighted by Gasteiger charge is -2.13. The Hall–Kier alpha value is -2.92. The summed E-state index contributed by atoms with van der Waals surface area (Å²) in [5.41, 5.74) is 3.80. The number of thioether (sulfide) groups is 1. The Bertz CT molecular complexity index is 1110. The smallest absolute Gasteiger partial charge is 0.266 e. The van der Waals surface area contributed by atoms with Crippen LogP contribution in [0.4, 0.5) is 0 Å². The molecule has 0 bridgehead atoms. The van der Waals surface area contributed by atoms with E-state index in [2.05, 4.69) is 4.98 Å². The molecule has 0 aliphatic heterocycles. The van der Waals surface area contributed by atoms with Crippen molar-refractivity contribution in [3.63, 3.8) is 0 Å². The number of fused-ring (bicyclic) bond motifs is 1. The molecule has 0 spiro atoms. The third-order valence-electron chi connectivity index (χ3n) is 4.15. The van der Waals surface area contributed by atoms with E-state index in [0.29, 0.717) is 10.5 Å². The maximum atomic E-state index is 13.1. The van der Waals surface area contributed by atoms with Gasteiger partial charge in [-0.2, -0.15) is 0 Å². The lowest BCUT2D eigenvalue weighted by molar-refractivity contribution is 0.819. The number of aryl methyl sites for hydroxylation is 1. The predicted octanol–water partition coefficient (Wildman–Crippen LogP) is 4.38. The zero-order valence-corrected chi connectivity index (χ0v) is 15.1. The Labute approximate surface area is 155 Å². The van der Waals surface area contributed by atoms with E-state index in [4.69, 9.17) is 4.98 Å². The monoisotopic (exact) mass is 359 g/mol. The Morgan fingerprint density at radius 1 is 0.962 bits per heavy atom. The minimum atomic E-state index is -0.0447. The quantitative estimate of drug-likeness (QED) is 0.401. The van der Waals surface area contributed by atoms with Crippen LogP contribution in [-0.4, -0.2) is 14.5 Å². The predicted molar refractivity (Wildman–Crippen MR) is 106 cm³/mol. The van der Waals surface area contributed by atoms with Crippen LogP contribution in [0.25, 0.3) is 16.6 Å². The van der Waals surface area contributed by atoms with E-state index in [0.717, 1.165) is 28.1 Å². The SMILES string of the molecule is Cc1ccc(-n2c(SCc3ccncc3)nc3ccccc3c2=O)cc1. The third-order valence-corrected chi connectivity index (χ3v) is 5.16. The molecule has 0 saturated carbocycles. The number of benzene rings is 2. The first-order chi connectivity index (χ1) is 12.7. The van der Waals surface area contributed by atoms with Crippen LogP contribution in [0.2, 0.25) is 0 Å². The number of hydrogen-bond acceptors (Lipinski definition) is 4. The summed E-state index contributed by atoms with van der Waals surface area (Å²) in [6.45, 7) is 2.03. The summed E-state index contributed by atoms with van der Waals surface area (Å²) in [6, 6.07) is 19.4. The van der Waals surface area contributed by atoms with E-state index in [1.165, 1.54) is 0 Å². The van der Waals surface area contributed by atoms with Gasteiger partial charge >= 0.3 is 0 Å². The summed E-state index contributed by atoms with van der Waals surface area (Å²) in [6.07, 6.45) is 3.55. The maximum Gasteiger partial charge on any atom is 0.266 e. The molecular weight excluding hydrogens is 342 g/mol. The molecule has 4 rings (SSSR count). The summed E-state index contributed by atoms with van der Waals surface area (Å²) in [4.78, 5) is 22.0. The fourth-order valence-electron chi connectivity index (χ4n) is 2.76. The fraction of sp³-hybridized carbons (Fsp3) is 0.0952. The number of pyridine rings is 1. The van der Waals surface area contributed by atoms with Gasteiger partial charge < -0.3 is 0 Å². The summed E-state index contributed by atoms with van der Waals surface area (Å²) < 4.78 is 1.70. The van der Waals surface area contributed by atoms with Crippen molar-refractivity contribution in [3.05, 3.63) is 94.5 Å². The van der Waals surface area contributed by atoms with Crippen molar-refractivity contribution in [2.24, 2.45) is 0 Å². The number of para-hydroxylation sites is 1. The molecule has 0 N–H and O–H groups in total. The van der Waals surface area contributed by atoms with Crippen LogP contribution in [0, 0.1) is 6.92 Å². The zero-order valence-electron chi connectivity index (χ0n) is 14.3. The molecule has 2 aromatic heterocycles. The zero-order chi connectivity index (χ0) is 17.9. The summed E-state index contributed by atoms with van der Waals surface area (Å²) in [5.74, 6) is 0.721. The Balaban J connectivity index is 1.85. The van der Waals surface area contributed by atoms with Crippen molar-refractivity contribution in [3.8, 4) is 5.69 Å². The lowest BCUT2D eigenvalue weighted by Crippen LogP contribution is -2.21. The number of hydrogen-bond donors (Lipinski definition) is 0. The van der Waals surface area contributed by atoms with Crippen molar-refractivity contribution in [1.29, 1.82) is 0 Å². The molecule has 128 valence electrons. The highest BCUT2D eigenvalue weighted by molar-refractivity contribution is 7.98. The highest BCUT2D eigenvalue weighted by atomic mass is 32.2. The fourth-order valence-corrected chi connectivity index (χ4v) is 3.73. The Morgan fingerprint density at radius 2 is 1.69 bits per heavy atom. The van der Waals surface area contributed by atoms with Crippen molar-refractivity contribution < 1.29 is 0 Å². The summed E-state index contributed by atoms with van der Waals surface area (Å²) in [5, 5.41) is 1.32. The normalized spacial score (nSPS) is 11.0. The van der Waals surface area contributed by atoms with Crippen LogP contribution in [0.15, 0.2) is 83.0 Å². The average molecular weight is 359 g/mol. The molecule has 5 heteroatoms. The highest BCUT2D eigenvalue weighted by Crippen LogP contribution is 2.24. The van der Waals surface area contributed by atoms with Gasteiger partial charge in [-0.05, 0) is 48.9 Å². The molecule has 0 aliphatic rings. The highest BCUT2D eigenvalue weighted by Gasteiger charge is 2.13. The summed E-state index contributed by atoms with van der Waals surface area (Å²) >= 11 is 1.55. The first-order valence-corrected chi connectivity index (χ1v) is 9.31. The van der Waals surface area contributed by atoms with Gasteiger partial charge in [-0.15, -0.1) is 0 Å². The molecule has 0 saturated heterocycles. The second kappa shape index (κ2) is 7.14. The average Bonchev–Trinajstić information content (AvgIpc) is 2.68. The Kier molecular flexibility index (Phi) is 4.54. The van der Waals surface area contributed by atoms with Crippen LogP contribution < -0.4 is 5.56 Å². The first-order valence-electron chi connectivity index (χ1n) is 8.33. The van der Waals surface area contributed by atoms with Gasteiger partial charge in [0, 0.05) is 18.1 Å². The van der Waals surface area contributed by atoms with Gasteiger partial charge in [0.15, 0.2) is 5.16 Å². The molecule has 0 radical (unpaired) electrons. The van der Waals surface area contributed by atoms with E-state index in [1.807, 2.05) is 67.6 Å². The van der Waals surface area contributed by atoms with Gasteiger partial charge in [0.25, 0.3) is 5.56 Å². The van der Waals surface area contributed by atoms with Crippen LogP contribution in [0.1, 0.15) is 11.1 Å². The largest absolute Gasteiger partial charge is 0.268 e. The maximum absolute atomic E-state index is 13.1. The standard InChI is InChI=1S/C21H17N3OS/c1-15-6-8-17(9-7-15)24-20(25)18-4-2-3-5-19(18)23-21(24)26-14-16-10-12-22-13-11-16/h2-13H,14H2,1H3. The lowest BCUT2D eigenvalue weighted by atomic mass is 10.2. The molecular formula is C21H17N3OS. The number of rotatable bonds is 4. The van der Waals surface area contributed by atoms with E-state index < -0.39 is 0 Å². The van der Waals surface area contributed by atoms with Crippen LogP contribution >= 0.6 is 11.8 Å². The minimum Gasteiger partial charge on any atom is -0.268 e. The molecule has 0 atom stereocenters. The molecule has 0 unspecified atom stereocenters. The van der Waals surface area contributed by atoms with Crippen LogP contribution in [0.3, 0.4) is 0 Å². The minimum absolute atomic E-state index is 0.0447. The van der Waals surface area contributed by atoms with Gasteiger partial charge in [0.05, 0.1) is 16.6 Å². The van der Waals surface area contributed by atoms with Crippen molar-refractivity contribution >= 4 is 22.7 Å².